The van der Waals surface area contributed by atoms with Gasteiger partial charge in [-0.2, -0.15) is 0 Å². The predicted octanol–water partition coefficient (Wildman–Crippen LogP) is 11.4. The number of carbonyl (C=O) groups is 2. The van der Waals surface area contributed by atoms with Crippen molar-refractivity contribution < 1.29 is 37.6 Å². The minimum Gasteiger partial charge on any atom is -0.462 e. The largest absolute Gasteiger partial charge is 0.472 e. The van der Waals surface area contributed by atoms with Crippen LogP contribution in [-0.2, 0) is 32.7 Å². The van der Waals surface area contributed by atoms with E-state index in [9.17, 15) is 19.0 Å². The van der Waals surface area contributed by atoms with E-state index in [0.717, 1.165) is 77.0 Å². The van der Waals surface area contributed by atoms with E-state index in [1.807, 2.05) is 0 Å². The van der Waals surface area contributed by atoms with Crippen LogP contribution in [0.25, 0.3) is 0 Å². The molecule has 9 nitrogen and oxygen atoms in total. The molecular formula is C41H76NO8P. The summed E-state index contributed by atoms with van der Waals surface area (Å²) in [6.45, 7) is 3.65. The molecule has 0 aliphatic carbocycles. The number of ether oxygens (including phenoxy) is 2. The number of hydrogen-bond donors (Lipinski definition) is 2. The lowest BCUT2D eigenvalue weighted by molar-refractivity contribution is -0.161. The highest BCUT2D eigenvalue weighted by Gasteiger charge is 2.26. The molecule has 0 radical (unpaired) electrons. The third-order valence-electron chi connectivity index (χ3n) is 8.50. The Labute approximate surface area is 312 Å². The summed E-state index contributed by atoms with van der Waals surface area (Å²) in [7, 11) is -4.37. The minimum atomic E-state index is -4.37. The SMILES string of the molecule is CCCC/C=C/CCCCCCCC(=O)OC[C@H](COP(=O)(O)OCCN)OC(=O)CCCCCCCCCCC/C=C/C/C=C/CCCCC. The smallest absolute Gasteiger partial charge is 0.462 e. The van der Waals surface area contributed by atoms with Gasteiger partial charge in [-0.25, -0.2) is 4.57 Å². The fraction of sp³-hybridized carbons (Fsp3) is 0.805. The van der Waals surface area contributed by atoms with Crippen molar-refractivity contribution in [3.05, 3.63) is 36.5 Å². The molecule has 0 aliphatic heterocycles. The van der Waals surface area contributed by atoms with Crippen molar-refractivity contribution in [1.82, 2.24) is 0 Å². The lowest BCUT2D eigenvalue weighted by Gasteiger charge is -2.19. The Bertz CT molecular complexity index is 939. The second-order valence-corrected chi connectivity index (χ2v) is 14.9. The number of phosphoric acid groups is 1. The van der Waals surface area contributed by atoms with E-state index in [-0.39, 0.29) is 32.6 Å². The molecule has 0 saturated carbocycles. The maximum atomic E-state index is 12.6. The molecule has 0 heterocycles. The minimum absolute atomic E-state index is 0.0512. The maximum Gasteiger partial charge on any atom is 0.472 e. The van der Waals surface area contributed by atoms with Crippen molar-refractivity contribution >= 4 is 19.8 Å². The molecule has 0 saturated heterocycles. The first-order valence-corrected chi connectivity index (χ1v) is 22.0. The fourth-order valence-corrected chi connectivity index (χ4v) is 6.17. The molecule has 0 aromatic heterocycles. The van der Waals surface area contributed by atoms with E-state index >= 15 is 0 Å². The zero-order valence-corrected chi connectivity index (χ0v) is 33.5. The molecule has 0 spiro atoms. The Morgan fingerprint density at radius 2 is 1.04 bits per heavy atom. The second-order valence-electron chi connectivity index (χ2n) is 13.5. The molecule has 2 atom stereocenters. The van der Waals surface area contributed by atoms with Crippen LogP contribution >= 0.6 is 7.82 Å². The summed E-state index contributed by atoms with van der Waals surface area (Å²) in [5.41, 5.74) is 5.33. The van der Waals surface area contributed by atoms with Gasteiger partial charge in [-0.1, -0.05) is 140 Å². The average molecular weight is 742 g/mol. The topological polar surface area (TPSA) is 134 Å². The highest BCUT2D eigenvalue weighted by Crippen LogP contribution is 2.43. The lowest BCUT2D eigenvalue weighted by atomic mass is 10.1. The van der Waals surface area contributed by atoms with Crippen molar-refractivity contribution in [2.45, 2.75) is 187 Å². The molecular weight excluding hydrogens is 665 g/mol. The standard InChI is InChI=1S/C41H76NO8P/c1-3-5-7-9-11-13-15-16-17-18-19-20-21-22-24-26-28-30-32-34-41(44)50-39(38-49-51(45,46)48-36-35-42)37-47-40(43)33-31-29-27-25-23-14-12-10-8-6-4-2/h10-13,16-17,39H,3-9,14-15,18-38,42H2,1-2H3,(H,45,46)/b12-10+,13-11+,17-16+/t39-/m1/s1. The summed E-state index contributed by atoms with van der Waals surface area (Å²) in [5.74, 6) is -0.845. The summed E-state index contributed by atoms with van der Waals surface area (Å²) in [4.78, 5) is 34.7. The maximum absolute atomic E-state index is 12.6. The van der Waals surface area contributed by atoms with Gasteiger partial charge in [0, 0.05) is 19.4 Å². The van der Waals surface area contributed by atoms with Gasteiger partial charge in [-0.15, -0.1) is 0 Å². The van der Waals surface area contributed by atoms with Crippen LogP contribution in [-0.4, -0.2) is 49.3 Å². The Balaban J connectivity index is 4.16. The first kappa shape index (κ1) is 49.2. The van der Waals surface area contributed by atoms with E-state index in [0.29, 0.717) is 6.42 Å². The third kappa shape index (κ3) is 37.8. The van der Waals surface area contributed by atoms with Gasteiger partial charge in [-0.3, -0.25) is 18.6 Å². The Morgan fingerprint density at radius 3 is 1.57 bits per heavy atom. The van der Waals surface area contributed by atoms with E-state index in [4.69, 9.17) is 24.3 Å². The molecule has 10 heteroatoms. The molecule has 0 bridgehead atoms. The summed E-state index contributed by atoms with van der Waals surface area (Å²) in [6.07, 6.45) is 40.3. The molecule has 0 aliphatic rings. The van der Waals surface area contributed by atoms with Crippen LogP contribution in [0.3, 0.4) is 0 Å². The second kappa shape index (κ2) is 38.0. The molecule has 51 heavy (non-hydrogen) atoms. The van der Waals surface area contributed by atoms with E-state index in [1.54, 1.807) is 0 Å². The predicted molar refractivity (Wildman–Crippen MR) is 210 cm³/mol. The third-order valence-corrected chi connectivity index (χ3v) is 9.48. The fourth-order valence-electron chi connectivity index (χ4n) is 5.41. The monoisotopic (exact) mass is 742 g/mol. The van der Waals surface area contributed by atoms with Crippen molar-refractivity contribution in [2.75, 3.05) is 26.4 Å². The van der Waals surface area contributed by atoms with Crippen molar-refractivity contribution in [3.63, 3.8) is 0 Å². The number of nitrogens with two attached hydrogens (primary N) is 1. The van der Waals surface area contributed by atoms with E-state index in [1.165, 1.54) is 70.6 Å². The van der Waals surface area contributed by atoms with Crippen LogP contribution in [0.5, 0.6) is 0 Å². The molecule has 0 amide bonds. The van der Waals surface area contributed by atoms with Crippen molar-refractivity contribution in [1.29, 1.82) is 0 Å². The summed E-state index contributed by atoms with van der Waals surface area (Å²) >= 11 is 0. The number of phosphoric ester groups is 1. The van der Waals surface area contributed by atoms with Gasteiger partial charge in [0.2, 0.25) is 0 Å². The number of rotatable bonds is 38. The highest BCUT2D eigenvalue weighted by atomic mass is 31.2. The van der Waals surface area contributed by atoms with Gasteiger partial charge >= 0.3 is 19.8 Å². The van der Waals surface area contributed by atoms with Crippen LogP contribution in [0.1, 0.15) is 181 Å². The lowest BCUT2D eigenvalue weighted by Crippen LogP contribution is -2.29. The van der Waals surface area contributed by atoms with Crippen LogP contribution in [0, 0.1) is 0 Å². The van der Waals surface area contributed by atoms with E-state index < -0.39 is 32.5 Å². The first-order valence-electron chi connectivity index (χ1n) is 20.5. The quantitative estimate of drug-likeness (QED) is 0.0274. The summed E-state index contributed by atoms with van der Waals surface area (Å²) < 4.78 is 32.7. The number of carbonyl (C=O) groups excluding carboxylic acids is 2. The average Bonchev–Trinajstić information content (AvgIpc) is 3.11. The summed E-state index contributed by atoms with van der Waals surface area (Å²) in [5, 5.41) is 0. The number of hydrogen-bond acceptors (Lipinski definition) is 8. The van der Waals surface area contributed by atoms with Gasteiger partial charge in [0.05, 0.1) is 13.2 Å². The molecule has 0 aromatic rings. The normalized spacial score (nSPS) is 13.7. The Kier molecular flexibility index (Phi) is 36.7. The van der Waals surface area contributed by atoms with Gasteiger partial charge < -0.3 is 20.1 Å². The number of esters is 2. The molecule has 0 rings (SSSR count). The summed E-state index contributed by atoms with van der Waals surface area (Å²) in [6, 6.07) is 0. The molecule has 298 valence electrons. The van der Waals surface area contributed by atoms with Crippen molar-refractivity contribution in [2.24, 2.45) is 5.73 Å². The number of allylic oxidation sites excluding steroid dienone is 6. The first-order chi connectivity index (χ1) is 24.8. The molecule has 3 N–H and O–H groups in total. The highest BCUT2D eigenvalue weighted by molar-refractivity contribution is 7.47. The zero-order valence-electron chi connectivity index (χ0n) is 32.6. The van der Waals surface area contributed by atoms with Gasteiger partial charge in [0.1, 0.15) is 6.61 Å². The van der Waals surface area contributed by atoms with Gasteiger partial charge in [0.25, 0.3) is 0 Å². The van der Waals surface area contributed by atoms with Crippen LogP contribution < -0.4 is 5.73 Å². The van der Waals surface area contributed by atoms with Crippen LogP contribution in [0.2, 0.25) is 0 Å². The Hall–Kier alpha value is -1.77. The Morgan fingerprint density at radius 1 is 0.588 bits per heavy atom. The van der Waals surface area contributed by atoms with Crippen LogP contribution in [0.15, 0.2) is 36.5 Å². The van der Waals surface area contributed by atoms with Crippen LogP contribution in [0.4, 0.5) is 0 Å². The van der Waals surface area contributed by atoms with E-state index in [2.05, 4.69) is 50.3 Å². The zero-order chi connectivity index (χ0) is 37.5. The molecule has 0 fully saturated rings. The van der Waals surface area contributed by atoms with Crippen molar-refractivity contribution in [3.8, 4) is 0 Å². The number of unbranched alkanes of at least 4 members (excludes halogenated alkanes) is 19. The van der Waals surface area contributed by atoms with Gasteiger partial charge in [-0.05, 0) is 64.2 Å². The molecule has 1 unspecified atom stereocenters. The molecule has 0 aromatic carbocycles. The van der Waals surface area contributed by atoms with Gasteiger partial charge in [0.15, 0.2) is 6.10 Å².